The van der Waals surface area contributed by atoms with Crippen LogP contribution in [0.3, 0.4) is 0 Å². The lowest BCUT2D eigenvalue weighted by Gasteiger charge is -2.44. The van der Waals surface area contributed by atoms with Crippen molar-refractivity contribution in [3.63, 3.8) is 0 Å². The summed E-state index contributed by atoms with van der Waals surface area (Å²) in [7, 11) is 2.16. The van der Waals surface area contributed by atoms with Crippen molar-refractivity contribution in [2.24, 2.45) is 22.6 Å². The molecule has 1 aromatic rings. The second-order valence-electron chi connectivity index (χ2n) is 6.98. The smallest absolute Gasteiger partial charge is 0.153 e. The van der Waals surface area contributed by atoms with E-state index in [9.17, 15) is 5.11 Å². The average Bonchev–Trinajstić information content (AvgIpc) is 3.00. The van der Waals surface area contributed by atoms with Gasteiger partial charge in [-0.05, 0) is 57.0 Å². The molecular weight excluding hydrogens is 298 g/mol. The Morgan fingerprint density at radius 3 is 3.00 bits per heavy atom. The Labute approximate surface area is 136 Å². The van der Waals surface area contributed by atoms with E-state index in [1.54, 1.807) is 6.07 Å². The first-order chi connectivity index (χ1) is 10.5. The molecule has 4 rings (SSSR count). The second-order valence-corrected chi connectivity index (χ2v) is 7.42. The number of aliphatic hydroxyl groups is 1. The molecule has 0 bridgehead atoms. The molecule has 0 aromatic heterocycles. The van der Waals surface area contributed by atoms with Crippen molar-refractivity contribution >= 4 is 23.1 Å². The Balaban J connectivity index is 1.81. The molecule has 2 aliphatic heterocycles. The third-order valence-electron chi connectivity index (χ3n) is 5.88. The SMILES string of the molecule is CN1CCC2CCCC(C3(O)C(N)=Nc4ccc(Cl)cc43)C21. The van der Waals surface area contributed by atoms with Crippen molar-refractivity contribution in [1.29, 1.82) is 0 Å². The van der Waals surface area contributed by atoms with Crippen molar-refractivity contribution in [3.05, 3.63) is 28.8 Å². The first-order valence-electron chi connectivity index (χ1n) is 8.09. The zero-order valence-corrected chi connectivity index (χ0v) is 13.6. The number of nitrogens with zero attached hydrogens (tertiary/aromatic N) is 2. The summed E-state index contributed by atoms with van der Waals surface area (Å²) >= 11 is 6.16. The number of nitrogens with two attached hydrogens (primary N) is 1. The van der Waals surface area contributed by atoms with E-state index >= 15 is 0 Å². The molecule has 4 unspecified atom stereocenters. The molecule has 1 aliphatic carbocycles. The summed E-state index contributed by atoms with van der Waals surface area (Å²) in [5, 5.41) is 12.2. The van der Waals surface area contributed by atoms with E-state index in [0.717, 1.165) is 30.6 Å². The third kappa shape index (κ3) is 1.87. The first-order valence-corrected chi connectivity index (χ1v) is 8.47. The molecular formula is C17H22ClN3O. The molecule has 118 valence electrons. The highest BCUT2D eigenvalue weighted by Gasteiger charge is 2.54. The van der Waals surface area contributed by atoms with Crippen molar-refractivity contribution in [1.82, 2.24) is 4.90 Å². The van der Waals surface area contributed by atoms with Gasteiger partial charge in [-0.1, -0.05) is 18.0 Å². The van der Waals surface area contributed by atoms with Crippen molar-refractivity contribution in [2.45, 2.75) is 37.3 Å². The minimum Gasteiger partial charge on any atom is -0.384 e. The largest absolute Gasteiger partial charge is 0.384 e. The highest BCUT2D eigenvalue weighted by molar-refractivity contribution is 6.30. The lowest BCUT2D eigenvalue weighted by Crippen LogP contribution is -2.54. The van der Waals surface area contributed by atoms with Gasteiger partial charge in [-0.3, -0.25) is 0 Å². The van der Waals surface area contributed by atoms with Crippen LogP contribution in [-0.2, 0) is 5.60 Å². The Hall–Kier alpha value is -1.10. The van der Waals surface area contributed by atoms with Gasteiger partial charge in [-0.25, -0.2) is 4.99 Å². The van der Waals surface area contributed by atoms with Gasteiger partial charge in [0.25, 0.3) is 0 Å². The Bertz CT molecular complexity index is 645. The summed E-state index contributed by atoms with van der Waals surface area (Å²) in [5.41, 5.74) is 6.57. The fraction of sp³-hybridized carbons (Fsp3) is 0.588. The second kappa shape index (κ2) is 4.95. The van der Waals surface area contributed by atoms with Crippen molar-refractivity contribution < 1.29 is 5.11 Å². The molecule has 2 fully saturated rings. The van der Waals surface area contributed by atoms with Gasteiger partial charge in [0.05, 0.1) is 5.69 Å². The molecule has 22 heavy (non-hydrogen) atoms. The van der Waals surface area contributed by atoms with Crippen LogP contribution in [0.5, 0.6) is 0 Å². The first kappa shape index (κ1) is 14.5. The van der Waals surface area contributed by atoms with Crippen LogP contribution < -0.4 is 5.73 Å². The number of halogens is 1. The monoisotopic (exact) mass is 319 g/mol. The van der Waals surface area contributed by atoms with E-state index in [0.29, 0.717) is 22.8 Å². The number of hydrogen-bond acceptors (Lipinski definition) is 4. The maximum absolute atomic E-state index is 11.6. The van der Waals surface area contributed by atoms with E-state index in [1.165, 1.54) is 12.8 Å². The molecule has 3 N–H and O–H groups in total. The molecule has 5 heteroatoms. The van der Waals surface area contributed by atoms with Gasteiger partial charge in [0, 0.05) is 22.5 Å². The van der Waals surface area contributed by atoms with Gasteiger partial charge >= 0.3 is 0 Å². The predicted molar refractivity (Wildman–Crippen MR) is 88.5 cm³/mol. The topological polar surface area (TPSA) is 61.8 Å². The molecule has 1 aromatic carbocycles. The van der Waals surface area contributed by atoms with Gasteiger partial charge < -0.3 is 15.7 Å². The average molecular weight is 320 g/mol. The summed E-state index contributed by atoms with van der Waals surface area (Å²) in [6.07, 6.45) is 4.59. The number of likely N-dealkylation sites (tertiary alicyclic amines) is 1. The molecule has 1 saturated heterocycles. The van der Waals surface area contributed by atoms with Gasteiger partial charge in [-0.15, -0.1) is 0 Å². The highest BCUT2D eigenvalue weighted by Crippen LogP contribution is 2.51. The summed E-state index contributed by atoms with van der Waals surface area (Å²) < 4.78 is 0. The predicted octanol–water partition coefficient (Wildman–Crippen LogP) is 2.65. The van der Waals surface area contributed by atoms with Crippen LogP contribution in [-0.4, -0.2) is 35.5 Å². The van der Waals surface area contributed by atoms with Crippen LogP contribution in [0.15, 0.2) is 23.2 Å². The minimum absolute atomic E-state index is 0.0854. The van der Waals surface area contributed by atoms with Crippen LogP contribution >= 0.6 is 11.6 Å². The molecule has 0 spiro atoms. The van der Waals surface area contributed by atoms with Gasteiger partial charge in [0.15, 0.2) is 5.60 Å². The Morgan fingerprint density at radius 1 is 1.36 bits per heavy atom. The quantitative estimate of drug-likeness (QED) is 0.836. The number of fused-ring (bicyclic) bond motifs is 2. The molecule has 1 saturated carbocycles. The van der Waals surface area contributed by atoms with Crippen LogP contribution in [0, 0.1) is 11.8 Å². The van der Waals surface area contributed by atoms with E-state index < -0.39 is 5.60 Å². The van der Waals surface area contributed by atoms with Crippen molar-refractivity contribution in [2.75, 3.05) is 13.6 Å². The molecule has 4 atom stereocenters. The van der Waals surface area contributed by atoms with Gasteiger partial charge in [0.1, 0.15) is 5.84 Å². The van der Waals surface area contributed by atoms with Gasteiger partial charge in [-0.2, -0.15) is 0 Å². The maximum Gasteiger partial charge on any atom is 0.153 e. The number of amidine groups is 1. The lowest BCUT2D eigenvalue weighted by molar-refractivity contribution is -0.0210. The summed E-state index contributed by atoms with van der Waals surface area (Å²) in [6.45, 7) is 1.10. The fourth-order valence-electron chi connectivity index (χ4n) is 4.88. The summed E-state index contributed by atoms with van der Waals surface area (Å²) in [5.74, 6) is 1.07. The highest BCUT2D eigenvalue weighted by atomic mass is 35.5. The van der Waals surface area contributed by atoms with Crippen LogP contribution in [0.2, 0.25) is 5.02 Å². The zero-order valence-electron chi connectivity index (χ0n) is 12.8. The number of rotatable bonds is 1. The fourth-order valence-corrected chi connectivity index (χ4v) is 5.05. The van der Waals surface area contributed by atoms with E-state index in [1.807, 2.05) is 12.1 Å². The number of aliphatic imine (C=N–C) groups is 1. The molecule has 3 aliphatic rings. The van der Waals surface area contributed by atoms with Gasteiger partial charge in [0.2, 0.25) is 0 Å². The number of hydrogen-bond donors (Lipinski definition) is 2. The maximum atomic E-state index is 11.6. The van der Waals surface area contributed by atoms with E-state index in [-0.39, 0.29) is 5.92 Å². The molecule has 2 heterocycles. The van der Waals surface area contributed by atoms with Crippen LogP contribution in [0.4, 0.5) is 5.69 Å². The van der Waals surface area contributed by atoms with Crippen LogP contribution in [0.25, 0.3) is 0 Å². The van der Waals surface area contributed by atoms with E-state index in [4.69, 9.17) is 17.3 Å². The molecule has 0 radical (unpaired) electrons. The van der Waals surface area contributed by atoms with Crippen molar-refractivity contribution in [3.8, 4) is 0 Å². The summed E-state index contributed by atoms with van der Waals surface area (Å²) in [4.78, 5) is 6.82. The Kier molecular flexibility index (Phi) is 3.26. The molecule has 4 nitrogen and oxygen atoms in total. The Morgan fingerprint density at radius 2 is 2.18 bits per heavy atom. The third-order valence-corrected chi connectivity index (χ3v) is 6.12. The molecule has 0 amide bonds. The van der Waals surface area contributed by atoms with E-state index in [2.05, 4.69) is 16.9 Å². The number of benzene rings is 1. The lowest BCUT2D eigenvalue weighted by atomic mass is 9.67. The zero-order chi connectivity index (χ0) is 15.5. The summed E-state index contributed by atoms with van der Waals surface area (Å²) in [6, 6.07) is 5.85. The normalized spacial score (nSPS) is 37.8. The minimum atomic E-state index is -1.18. The standard InChI is InChI=1S/C17H22ClN3O/c1-21-8-7-10-3-2-4-12(15(10)21)17(22)13-9-11(18)5-6-14(13)20-16(17)19/h5-6,9-10,12,15,22H,2-4,7-8H2,1H3,(H2,19,20). The van der Waals surface area contributed by atoms with Crippen LogP contribution in [0.1, 0.15) is 31.2 Å².